The lowest BCUT2D eigenvalue weighted by Crippen LogP contribution is -1.96. The van der Waals surface area contributed by atoms with E-state index in [1.165, 1.54) is 30.3 Å². The van der Waals surface area contributed by atoms with Gasteiger partial charge in [-0.1, -0.05) is 0 Å². The van der Waals surface area contributed by atoms with E-state index in [2.05, 4.69) is 19.8 Å². The minimum Gasteiger partial charge on any atom is -0.479 e. The maximum absolute atomic E-state index is 12.4. The number of hydrogen-bond donors (Lipinski definition) is 0. The average Bonchev–Trinajstić information content (AvgIpc) is 2.16. The Balaban J connectivity index is 2.61. The maximum atomic E-state index is 12.4. The second kappa shape index (κ2) is 5.25. The van der Waals surface area contributed by atoms with Crippen molar-refractivity contribution in [3.8, 4) is 5.75 Å². The average molecular weight is 298 g/mol. The van der Waals surface area contributed by atoms with Gasteiger partial charge < -0.3 is 4.74 Å². The lowest BCUT2D eigenvalue weighted by atomic mass is 10.3. The van der Waals surface area contributed by atoms with Gasteiger partial charge in [-0.3, -0.25) is 0 Å². The predicted octanol–water partition coefficient (Wildman–Crippen LogP) is 3.87. The Labute approximate surface area is 94.3 Å². The van der Waals surface area contributed by atoms with E-state index in [4.69, 9.17) is 4.74 Å². The van der Waals surface area contributed by atoms with Crippen molar-refractivity contribution in [1.29, 1.82) is 0 Å². The summed E-state index contributed by atoms with van der Waals surface area (Å²) >= 11 is 2.23. The van der Waals surface area contributed by atoms with Crippen LogP contribution >= 0.6 is 24.0 Å². The van der Waals surface area contributed by atoms with Gasteiger partial charge in [0.2, 0.25) is 6.08 Å². The summed E-state index contributed by atoms with van der Waals surface area (Å²) in [6, 6.07) is 5.85. The standard InChI is InChI=1S/C8H6BrF2NO2S/c9-15(10,11)6-14-8-3-1-7(2-4-8)12-5-13/h1-4H,6H2. The molecule has 0 atom stereocenters. The number of hydrogen-bond acceptors (Lipinski definition) is 3. The molecule has 1 rings (SSSR count). The van der Waals surface area contributed by atoms with Crippen LogP contribution in [0.15, 0.2) is 29.3 Å². The summed E-state index contributed by atoms with van der Waals surface area (Å²) in [6.45, 7) is 0. The second-order valence-corrected chi connectivity index (χ2v) is 6.54. The molecule has 0 unspecified atom stereocenters. The number of ether oxygens (including phenoxy) is 1. The molecule has 15 heavy (non-hydrogen) atoms. The van der Waals surface area contributed by atoms with E-state index in [-0.39, 0.29) is 0 Å². The molecule has 0 aromatic heterocycles. The summed E-state index contributed by atoms with van der Waals surface area (Å²) < 4.78 is 29.6. The molecular weight excluding hydrogens is 292 g/mol. The molecule has 0 radical (unpaired) electrons. The summed E-state index contributed by atoms with van der Waals surface area (Å²) in [7, 11) is -3.84. The molecule has 0 aliphatic carbocycles. The van der Waals surface area contributed by atoms with Crippen molar-refractivity contribution in [2.75, 3.05) is 5.94 Å². The van der Waals surface area contributed by atoms with Gasteiger partial charge in [-0.2, -0.15) is 4.99 Å². The molecule has 82 valence electrons. The largest absolute Gasteiger partial charge is 0.479 e. The third-order valence-electron chi connectivity index (χ3n) is 1.37. The van der Waals surface area contributed by atoms with Crippen LogP contribution in [-0.4, -0.2) is 12.0 Å². The molecule has 3 nitrogen and oxygen atoms in total. The Morgan fingerprint density at radius 2 is 2.00 bits per heavy atom. The summed E-state index contributed by atoms with van der Waals surface area (Å²) in [5.41, 5.74) is 0.398. The molecule has 0 amide bonds. The number of rotatable bonds is 4. The van der Waals surface area contributed by atoms with Gasteiger partial charge in [-0.05, 0) is 24.3 Å². The Hall–Kier alpha value is -0.910. The molecule has 0 N–H and O–H groups in total. The van der Waals surface area contributed by atoms with E-state index in [0.29, 0.717) is 11.4 Å². The van der Waals surface area contributed by atoms with E-state index in [0.717, 1.165) is 0 Å². The fourth-order valence-electron chi connectivity index (χ4n) is 0.804. The monoisotopic (exact) mass is 297 g/mol. The summed E-state index contributed by atoms with van der Waals surface area (Å²) in [6.07, 6.45) is 1.37. The summed E-state index contributed by atoms with van der Waals surface area (Å²) in [5, 5.41) is 0. The van der Waals surface area contributed by atoms with Crippen LogP contribution in [0.4, 0.5) is 13.5 Å². The highest BCUT2D eigenvalue weighted by molar-refractivity contribution is 9.56. The van der Waals surface area contributed by atoms with Gasteiger partial charge in [0.25, 0.3) is 0 Å². The molecular formula is C8H6BrF2NO2S. The molecule has 0 fully saturated rings. The lowest BCUT2D eigenvalue weighted by molar-refractivity contribution is 0.380. The zero-order valence-corrected chi connectivity index (χ0v) is 9.72. The molecule has 7 heteroatoms. The Bertz CT molecular complexity index is 373. The highest BCUT2D eigenvalue weighted by Crippen LogP contribution is 2.58. The van der Waals surface area contributed by atoms with Crippen molar-refractivity contribution in [3.63, 3.8) is 0 Å². The first-order chi connectivity index (χ1) is 7.01. The number of aliphatic imine (C=N–C) groups is 1. The van der Waals surface area contributed by atoms with E-state index in [9.17, 15) is 12.6 Å². The van der Waals surface area contributed by atoms with Crippen LogP contribution < -0.4 is 4.74 Å². The molecule has 0 saturated carbocycles. The normalized spacial score (nSPS) is 11.7. The first kappa shape index (κ1) is 12.2. The number of carbonyl (C=O) groups excluding carboxylic acids is 1. The number of benzene rings is 1. The molecule has 0 bridgehead atoms. The lowest BCUT2D eigenvalue weighted by Gasteiger charge is -2.13. The maximum Gasteiger partial charge on any atom is 0.240 e. The van der Waals surface area contributed by atoms with Crippen LogP contribution in [0, 0.1) is 0 Å². The number of halogens is 3. The summed E-state index contributed by atoms with van der Waals surface area (Å²) in [4.78, 5) is 13.2. The minimum atomic E-state index is -3.84. The smallest absolute Gasteiger partial charge is 0.240 e. The highest BCUT2D eigenvalue weighted by atomic mass is 79.9. The first-order valence-electron chi connectivity index (χ1n) is 3.72. The number of isocyanates is 1. The molecule has 0 heterocycles. The molecule has 0 aliphatic heterocycles. The zero-order valence-electron chi connectivity index (χ0n) is 7.32. The van der Waals surface area contributed by atoms with E-state index in [1.54, 1.807) is 0 Å². The Kier molecular flexibility index (Phi) is 4.26. The van der Waals surface area contributed by atoms with Crippen LogP contribution in [0.5, 0.6) is 5.75 Å². The molecule has 1 aromatic rings. The van der Waals surface area contributed by atoms with Crippen LogP contribution in [0.2, 0.25) is 0 Å². The van der Waals surface area contributed by atoms with Crippen molar-refractivity contribution in [1.82, 2.24) is 0 Å². The molecule has 0 saturated heterocycles. The van der Waals surface area contributed by atoms with Crippen molar-refractivity contribution < 1.29 is 17.3 Å². The van der Waals surface area contributed by atoms with Gasteiger partial charge >= 0.3 is 0 Å². The predicted molar refractivity (Wildman–Crippen MR) is 58.5 cm³/mol. The third kappa shape index (κ3) is 4.92. The van der Waals surface area contributed by atoms with Gasteiger partial charge in [0.15, 0.2) is 15.2 Å². The Morgan fingerprint density at radius 1 is 1.40 bits per heavy atom. The SMILES string of the molecule is O=C=Nc1ccc(OCS(F)(F)Br)cc1. The van der Waals surface area contributed by atoms with Crippen molar-refractivity contribution in [2.45, 2.75) is 0 Å². The van der Waals surface area contributed by atoms with Gasteiger partial charge in [0, 0.05) is 14.8 Å². The highest BCUT2D eigenvalue weighted by Gasteiger charge is 2.18. The zero-order chi connectivity index (χ0) is 11.3. The first-order valence-corrected chi connectivity index (χ1v) is 7.16. The van der Waals surface area contributed by atoms with Crippen molar-refractivity contribution in [3.05, 3.63) is 24.3 Å². The second-order valence-electron chi connectivity index (χ2n) is 2.46. The van der Waals surface area contributed by atoms with E-state index < -0.39 is 15.2 Å². The van der Waals surface area contributed by atoms with Gasteiger partial charge in [-0.25, -0.2) is 4.79 Å². The van der Waals surface area contributed by atoms with Crippen molar-refractivity contribution in [2.24, 2.45) is 4.99 Å². The van der Waals surface area contributed by atoms with Crippen LogP contribution in [-0.2, 0) is 4.79 Å². The third-order valence-corrected chi connectivity index (χ3v) is 2.32. The molecule has 1 aromatic carbocycles. The topological polar surface area (TPSA) is 38.7 Å². The Morgan fingerprint density at radius 3 is 2.47 bits per heavy atom. The molecule has 0 spiro atoms. The van der Waals surface area contributed by atoms with E-state index in [1.807, 2.05) is 0 Å². The van der Waals surface area contributed by atoms with Crippen LogP contribution in [0.25, 0.3) is 0 Å². The van der Waals surface area contributed by atoms with Gasteiger partial charge in [0.1, 0.15) is 5.75 Å². The fraction of sp³-hybridized carbons (Fsp3) is 0.125. The van der Waals surface area contributed by atoms with Gasteiger partial charge in [0.05, 0.1) is 5.69 Å². The summed E-state index contributed by atoms with van der Waals surface area (Å²) in [5.74, 6) is -0.380. The number of nitrogens with zero attached hydrogens (tertiary/aromatic N) is 1. The fourth-order valence-corrected chi connectivity index (χ4v) is 1.35. The van der Waals surface area contributed by atoms with Gasteiger partial charge in [-0.15, -0.1) is 7.77 Å². The van der Waals surface area contributed by atoms with Crippen LogP contribution in [0.3, 0.4) is 0 Å². The quantitative estimate of drug-likeness (QED) is 0.625. The van der Waals surface area contributed by atoms with E-state index >= 15 is 0 Å². The van der Waals surface area contributed by atoms with Crippen LogP contribution in [0.1, 0.15) is 0 Å². The molecule has 0 aliphatic rings. The van der Waals surface area contributed by atoms with Crippen molar-refractivity contribution >= 4 is 35.8 Å². The minimum absolute atomic E-state index is 0.298.